The van der Waals surface area contributed by atoms with Gasteiger partial charge in [0, 0.05) is 11.8 Å². The van der Waals surface area contributed by atoms with Crippen molar-refractivity contribution in [3.8, 4) is 17.6 Å². The van der Waals surface area contributed by atoms with Crippen LogP contribution >= 0.6 is 0 Å². The Morgan fingerprint density at radius 3 is 2.53 bits per heavy atom. The molecule has 3 saturated carbocycles. The van der Waals surface area contributed by atoms with Crippen LogP contribution in [0.4, 0.5) is 0 Å². The number of hydrogen-bond donors (Lipinski definition) is 1. The highest BCUT2D eigenvalue weighted by Crippen LogP contribution is 2.70. The normalized spacial score (nSPS) is 42.7. The molecule has 0 aromatic heterocycles. The first-order valence-corrected chi connectivity index (χ1v) is 12.3. The predicted molar refractivity (Wildman–Crippen MR) is 126 cm³/mol. The molecule has 0 spiro atoms. The van der Waals surface area contributed by atoms with E-state index in [1.54, 1.807) is 7.11 Å². The maximum absolute atomic E-state index is 12.3. The second-order valence-electron chi connectivity index (χ2n) is 11.2. The molecular weight excluding hydrogens is 396 g/mol. The van der Waals surface area contributed by atoms with Gasteiger partial charge in [-0.2, -0.15) is 0 Å². The number of ether oxygens (including phenoxy) is 1. The molecule has 0 aliphatic heterocycles. The smallest absolute Gasteiger partial charge is 0.155 e. The minimum Gasteiger partial charge on any atom is -0.497 e. The van der Waals surface area contributed by atoms with E-state index in [0.717, 1.165) is 44.3 Å². The van der Waals surface area contributed by atoms with Gasteiger partial charge in [-0.25, -0.2) is 0 Å². The van der Waals surface area contributed by atoms with Crippen molar-refractivity contribution in [2.24, 2.45) is 28.6 Å². The van der Waals surface area contributed by atoms with Crippen LogP contribution in [0.25, 0.3) is 0 Å². The summed E-state index contributed by atoms with van der Waals surface area (Å²) in [5.74, 6) is 9.30. The van der Waals surface area contributed by atoms with Gasteiger partial charge in [-0.15, -0.1) is 5.92 Å². The van der Waals surface area contributed by atoms with Gasteiger partial charge in [-0.3, -0.25) is 4.79 Å². The van der Waals surface area contributed by atoms with Gasteiger partial charge in [-0.05, 0) is 98.3 Å². The van der Waals surface area contributed by atoms with Crippen molar-refractivity contribution in [2.75, 3.05) is 7.11 Å². The topological polar surface area (TPSA) is 46.5 Å². The molecule has 4 aliphatic rings. The lowest BCUT2D eigenvalue weighted by molar-refractivity contribution is -0.122. The number of ketones is 1. The predicted octanol–water partition coefficient (Wildman–Crippen LogP) is 5.68. The molecule has 0 unspecified atom stereocenters. The summed E-state index contributed by atoms with van der Waals surface area (Å²) in [4.78, 5) is 12.3. The summed E-state index contributed by atoms with van der Waals surface area (Å²) < 4.78 is 5.43. The first-order chi connectivity index (χ1) is 15.3. The summed E-state index contributed by atoms with van der Waals surface area (Å²) in [6, 6.07) is 8.58. The van der Waals surface area contributed by atoms with Gasteiger partial charge in [0.15, 0.2) is 5.78 Å². The Kier molecular flexibility index (Phi) is 5.10. The molecule has 1 aromatic carbocycles. The summed E-state index contributed by atoms with van der Waals surface area (Å²) >= 11 is 0. The highest BCUT2D eigenvalue weighted by atomic mass is 16.5. The summed E-state index contributed by atoms with van der Waals surface area (Å²) in [5, 5.41) is 11.8. The number of fused-ring (bicyclic) bond motifs is 5. The molecule has 0 heterocycles. The first-order valence-electron chi connectivity index (χ1n) is 12.3. The average Bonchev–Trinajstić information content (AvgIpc) is 3.04. The SMILES string of the molecule is CC#C[C@]1(O)CC[C@H]2[C@@H]3CCC4=CC(=O)CC[C@]4(C)[C@H]3[C@@H](c3ccc(OC)cc3)C[C@@]21C. The van der Waals surface area contributed by atoms with Gasteiger partial charge in [0.25, 0.3) is 0 Å². The Morgan fingerprint density at radius 2 is 1.84 bits per heavy atom. The number of carbonyl (C=O) groups excluding carboxylic acids is 1. The van der Waals surface area contributed by atoms with E-state index in [4.69, 9.17) is 4.74 Å². The molecule has 3 heteroatoms. The van der Waals surface area contributed by atoms with Gasteiger partial charge in [0.1, 0.15) is 11.4 Å². The number of rotatable bonds is 2. The molecule has 1 N–H and O–H groups in total. The van der Waals surface area contributed by atoms with E-state index in [2.05, 4.69) is 50.0 Å². The van der Waals surface area contributed by atoms with Gasteiger partial charge in [0.2, 0.25) is 0 Å². The number of methoxy groups -OCH3 is 1. The molecule has 0 amide bonds. The van der Waals surface area contributed by atoms with Crippen LogP contribution < -0.4 is 4.74 Å². The lowest BCUT2D eigenvalue weighted by atomic mass is 9.43. The van der Waals surface area contributed by atoms with E-state index in [-0.39, 0.29) is 10.8 Å². The minimum atomic E-state index is -0.915. The Balaban J connectivity index is 1.65. The fourth-order valence-electron chi connectivity index (χ4n) is 8.34. The fourth-order valence-corrected chi connectivity index (χ4v) is 8.34. The molecule has 1 aromatic rings. The quantitative estimate of drug-likeness (QED) is 0.612. The standard InChI is InChI=1S/C29H36O3/c1-5-14-29(31)16-13-25-23-11-8-20-17-21(30)12-15-27(20,2)26(23)24(18-28(25,29)3)19-6-9-22(32-4)10-7-19/h6-7,9-10,17,23-26,31H,8,11-13,15-16,18H2,1-4H3/t23-,24+,25-,26+,27-,28-,29-/m0/s1. The fraction of sp³-hybridized carbons (Fsp3) is 0.621. The van der Waals surface area contributed by atoms with Gasteiger partial charge < -0.3 is 9.84 Å². The lowest BCUT2D eigenvalue weighted by Crippen LogP contribution is -2.57. The van der Waals surface area contributed by atoms with E-state index in [0.29, 0.717) is 35.9 Å². The molecule has 3 nitrogen and oxygen atoms in total. The Bertz CT molecular complexity index is 1010. The largest absolute Gasteiger partial charge is 0.497 e. The van der Waals surface area contributed by atoms with Gasteiger partial charge in [-0.1, -0.05) is 37.5 Å². The summed E-state index contributed by atoms with van der Waals surface area (Å²) in [6.07, 6.45) is 8.47. The van der Waals surface area contributed by atoms with Crippen LogP contribution in [0.15, 0.2) is 35.9 Å². The van der Waals surface area contributed by atoms with Crippen LogP contribution in [-0.2, 0) is 4.79 Å². The van der Waals surface area contributed by atoms with Crippen molar-refractivity contribution in [3.05, 3.63) is 41.5 Å². The highest BCUT2D eigenvalue weighted by molar-refractivity contribution is 5.91. The summed E-state index contributed by atoms with van der Waals surface area (Å²) in [5.41, 5.74) is 1.63. The maximum Gasteiger partial charge on any atom is 0.155 e. The second kappa shape index (κ2) is 7.49. The van der Waals surface area contributed by atoms with Crippen molar-refractivity contribution < 1.29 is 14.6 Å². The molecule has 32 heavy (non-hydrogen) atoms. The highest BCUT2D eigenvalue weighted by Gasteiger charge is 2.66. The Hall–Kier alpha value is -2.05. The molecule has 7 atom stereocenters. The van der Waals surface area contributed by atoms with Crippen molar-refractivity contribution in [1.29, 1.82) is 0 Å². The van der Waals surface area contributed by atoms with Crippen LogP contribution in [-0.4, -0.2) is 23.6 Å². The minimum absolute atomic E-state index is 0.0554. The Morgan fingerprint density at radius 1 is 1.09 bits per heavy atom. The third-order valence-corrected chi connectivity index (χ3v) is 9.95. The summed E-state index contributed by atoms with van der Waals surface area (Å²) in [7, 11) is 1.71. The first kappa shape index (κ1) is 21.8. The van der Waals surface area contributed by atoms with E-state index in [1.807, 2.05) is 13.0 Å². The van der Waals surface area contributed by atoms with Crippen molar-refractivity contribution in [1.82, 2.24) is 0 Å². The number of carbonyl (C=O) groups is 1. The average molecular weight is 433 g/mol. The van der Waals surface area contributed by atoms with Crippen LogP contribution in [0.2, 0.25) is 0 Å². The zero-order chi connectivity index (χ0) is 22.7. The zero-order valence-corrected chi connectivity index (χ0v) is 19.9. The summed E-state index contributed by atoms with van der Waals surface area (Å²) in [6.45, 7) is 6.58. The van der Waals surface area contributed by atoms with Crippen LogP contribution in [0.3, 0.4) is 0 Å². The van der Waals surface area contributed by atoms with Gasteiger partial charge in [0.05, 0.1) is 7.11 Å². The molecule has 5 rings (SSSR count). The zero-order valence-electron chi connectivity index (χ0n) is 19.9. The van der Waals surface area contributed by atoms with E-state index in [1.165, 1.54) is 11.1 Å². The van der Waals surface area contributed by atoms with E-state index < -0.39 is 5.60 Å². The van der Waals surface area contributed by atoms with Crippen LogP contribution in [0.5, 0.6) is 5.75 Å². The van der Waals surface area contributed by atoms with Crippen LogP contribution in [0.1, 0.15) is 77.2 Å². The van der Waals surface area contributed by atoms with Crippen molar-refractivity contribution >= 4 is 5.78 Å². The van der Waals surface area contributed by atoms with E-state index in [9.17, 15) is 9.90 Å². The Labute approximate surface area is 192 Å². The third kappa shape index (κ3) is 2.95. The molecule has 4 aliphatic carbocycles. The number of allylic oxidation sites excluding steroid dienone is 1. The monoisotopic (exact) mass is 432 g/mol. The third-order valence-electron chi connectivity index (χ3n) is 9.95. The maximum atomic E-state index is 12.3. The number of aliphatic hydroxyl groups is 1. The second-order valence-corrected chi connectivity index (χ2v) is 11.2. The molecular formula is C29H36O3. The molecule has 3 fully saturated rings. The molecule has 0 bridgehead atoms. The molecule has 0 radical (unpaired) electrons. The molecule has 170 valence electrons. The van der Waals surface area contributed by atoms with Crippen LogP contribution in [0, 0.1) is 40.4 Å². The van der Waals surface area contributed by atoms with Crippen molar-refractivity contribution in [2.45, 2.75) is 77.2 Å². The van der Waals surface area contributed by atoms with E-state index >= 15 is 0 Å². The molecule has 0 saturated heterocycles. The van der Waals surface area contributed by atoms with Crippen molar-refractivity contribution in [3.63, 3.8) is 0 Å². The van der Waals surface area contributed by atoms with Gasteiger partial charge >= 0.3 is 0 Å². The lowest BCUT2D eigenvalue weighted by Gasteiger charge is -2.61. The number of benzene rings is 1. The number of hydrogen-bond acceptors (Lipinski definition) is 3.